The highest BCUT2D eigenvalue weighted by atomic mass is 16.3. The number of aliphatic hydroxyl groups is 1. The molecule has 1 amide bonds. The Bertz CT molecular complexity index is 485. The fraction of sp³-hybridized carbons (Fsp3) is 0.632. The molecule has 2 N–H and O–H groups in total. The van der Waals surface area contributed by atoms with Crippen molar-refractivity contribution >= 4 is 5.91 Å². The molecule has 2 saturated carbocycles. The predicted octanol–water partition coefficient (Wildman–Crippen LogP) is 3.38. The van der Waals surface area contributed by atoms with E-state index >= 15 is 0 Å². The third kappa shape index (κ3) is 3.35. The molecule has 0 heterocycles. The number of hydrogen-bond acceptors (Lipinski definition) is 2. The summed E-state index contributed by atoms with van der Waals surface area (Å²) in [5.41, 5.74) is 1.08. The summed E-state index contributed by atoms with van der Waals surface area (Å²) in [4.78, 5) is 12.5. The summed E-state index contributed by atoms with van der Waals surface area (Å²) in [6, 6.07) is 10.6. The fourth-order valence-corrected chi connectivity index (χ4v) is 4.15. The first-order valence-electron chi connectivity index (χ1n) is 8.70. The van der Waals surface area contributed by atoms with E-state index in [0.29, 0.717) is 5.92 Å². The smallest absolute Gasteiger partial charge is 0.223 e. The maximum Gasteiger partial charge on any atom is 0.223 e. The Morgan fingerprint density at radius 3 is 2.32 bits per heavy atom. The van der Waals surface area contributed by atoms with Crippen LogP contribution in [0.3, 0.4) is 0 Å². The zero-order valence-electron chi connectivity index (χ0n) is 13.3. The Labute approximate surface area is 133 Å². The second-order valence-electron chi connectivity index (χ2n) is 7.09. The van der Waals surface area contributed by atoms with Crippen molar-refractivity contribution in [2.45, 2.75) is 62.8 Å². The molecular formula is C19H27NO2. The van der Waals surface area contributed by atoms with Gasteiger partial charge in [0, 0.05) is 5.92 Å². The monoisotopic (exact) mass is 301 g/mol. The molecule has 0 atom stereocenters. The van der Waals surface area contributed by atoms with E-state index in [1.165, 1.54) is 5.56 Å². The molecule has 0 unspecified atom stereocenters. The van der Waals surface area contributed by atoms with Gasteiger partial charge in [0.25, 0.3) is 0 Å². The van der Waals surface area contributed by atoms with Crippen LogP contribution in [0.4, 0.5) is 0 Å². The van der Waals surface area contributed by atoms with Gasteiger partial charge in [-0.3, -0.25) is 4.79 Å². The minimum Gasteiger partial charge on any atom is -0.394 e. The lowest BCUT2D eigenvalue weighted by Crippen LogP contribution is -2.51. The molecule has 2 aliphatic carbocycles. The molecule has 2 aliphatic rings. The molecule has 3 nitrogen and oxygen atoms in total. The SMILES string of the molecule is O=C(NC1(CO)CCCC1)C1CCC(c2ccccc2)CC1. The van der Waals surface area contributed by atoms with E-state index < -0.39 is 0 Å². The second-order valence-corrected chi connectivity index (χ2v) is 7.09. The minimum atomic E-state index is -0.326. The van der Waals surface area contributed by atoms with E-state index in [-0.39, 0.29) is 24.0 Å². The molecule has 0 bridgehead atoms. The van der Waals surface area contributed by atoms with Crippen LogP contribution >= 0.6 is 0 Å². The Morgan fingerprint density at radius 2 is 1.73 bits per heavy atom. The van der Waals surface area contributed by atoms with Gasteiger partial charge in [0.15, 0.2) is 0 Å². The van der Waals surface area contributed by atoms with E-state index in [2.05, 4.69) is 35.6 Å². The quantitative estimate of drug-likeness (QED) is 0.895. The first-order chi connectivity index (χ1) is 10.7. The number of carbonyl (C=O) groups excluding carboxylic acids is 1. The molecule has 0 radical (unpaired) electrons. The highest BCUT2D eigenvalue weighted by molar-refractivity contribution is 5.79. The number of hydrogen-bond donors (Lipinski definition) is 2. The number of rotatable bonds is 4. The van der Waals surface area contributed by atoms with Gasteiger partial charge in [-0.2, -0.15) is 0 Å². The van der Waals surface area contributed by atoms with Gasteiger partial charge < -0.3 is 10.4 Å². The maximum atomic E-state index is 12.5. The van der Waals surface area contributed by atoms with Gasteiger partial charge in [0.05, 0.1) is 12.1 Å². The average molecular weight is 301 g/mol. The van der Waals surface area contributed by atoms with Crippen molar-refractivity contribution in [2.75, 3.05) is 6.61 Å². The summed E-state index contributed by atoms with van der Waals surface area (Å²) in [5, 5.41) is 12.8. The van der Waals surface area contributed by atoms with Crippen molar-refractivity contribution < 1.29 is 9.90 Å². The van der Waals surface area contributed by atoms with Crippen LogP contribution in [0, 0.1) is 5.92 Å². The van der Waals surface area contributed by atoms with Crippen LogP contribution in [0.15, 0.2) is 30.3 Å². The maximum absolute atomic E-state index is 12.5. The molecule has 3 rings (SSSR count). The van der Waals surface area contributed by atoms with Gasteiger partial charge >= 0.3 is 0 Å². The predicted molar refractivity (Wildman–Crippen MR) is 87.6 cm³/mol. The Hall–Kier alpha value is -1.35. The molecule has 0 saturated heterocycles. The molecule has 1 aromatic rings. The third-order valence-electron chi connectivity index (χ3n) is 5.62. The van der Waals surface area contributed by atoms with Gasteiger partial charge in [-0.15, -0.1) is 0 Å². The van der Waals surface area contributed by atoms with E-state index in [0.717, 1.165) is 51.4 Å². The fourth-order valence-electron chi connectivity index (χ4n) is 4.15. The molecule has 1 aromatic carbocycles. The van der Waals surface area contributed by atoms with Gasteiger partial charge in [0.1, 0.15) is 0 Å². The third-order valence-corrected chi connectivity index (χ3v) is 5.62. The minimum absolute atomic E-state index is 0.0814. The highest BCUT2D eigenvalue weighted by Gasteiger charge is 2.37. The average Bonchev–Trinajstić information content (AvgIpc) is 3.05. The lowest BCUT2D eigenvalue weighted by atomic mass is 9.78. The van der Waals surface area contributed by atoms with Crippen LogP contribution in [0.5, 0.6) is 0 Å². The van der Waals surface area contributed by atoms with Crippen LogP contribution in [0.2, 0.25) is 0 Å². The number of amides is 1. The first-order valence-corrected chi connectivity index (χ1v) is 8.70. The zero-order valence-corrected chi connectivity index (χ0v) is 13.3. The Morgan fingerprint density at radius 1 is 1.09 bits per heavy atom. The van der Waals surface area contributed by atoms with Crippen LogP contribution in [-0.2, 0) is 4.79 Å². The first kappa shape index (κ1) is 15.5. The Balaban J connectivity index is 1.54. The molecule has 3 heteroatoms. The highest BCUT2D eigenvalue weighted by Crippen LogP contribution is 2.37. The van der Waals surface area contributed by atoms with Crippen molar-refractivity contribution in [1.82, 2.24) is 5.32 Å². The van der Waals surface area contributed by atoms with Crippen molar-refractivity contribution in [3.05, 3.63) is 35.9 Å². The van der Waals surface area contributed by atoms with Crippen molar-refractivity contribution in [3.63, 3.8) is 0 Å². The van der Waals surface area contributed by atoms with Gasteiger partial charge in [-0.25, -0.2) is 0 Å². The van der Waals surface area contributed by atoms with Crippen molar-refractivity contribution in [3.8, 4) is 0 Å². The van der Waals surface area contributed by atoms with Crippen LogP contribution in [0.25, 0.3) is 0 Å². The van der Waals surface area contributed by atoms with E-state index in [1.54, 1.807) is 0 Å². The number of aliphatic hydroxyl groups excluding tert-OH is 1. The summed E-state index contributed by atoms with van der Waals surface area (Å²) in [7, 11) is 0. The Kier molecular flexibility index (Phi) is 4.82. The van der Waals surface area contributed by atoms with Crippen molar-refractivity contribution in [2.24, 2.45) is 5.92 Å². The zero-order chi connectivity index (χ0) is 15.4. The summed E-state index contributed by atoms with van der Waals surface area (Å²) in [6.07, 6.45) is 8.19. The molecule has 120 valence electrons. The largest absolute Gasteiger partial charge is 0.394 e. The number of nitrogens with one attached hydrogen (secondary N) is 1. The summed E-state index contributed by atoms with van der Waals surface area (Å²) in [6.45, 7) is 0.0814. The standard InChI is InChI=1S/C19H27NO2/c21-14-19(12-4-5-13-19)20-18(22)17-10-8-16(9-11-17)15-6-2-1-3-7-15/h1-3,6-7,16-17,21H,4-5,8-14H2,(H,20,22). The second kappa shape index (κ2) is 6.82. The van der Waals surface area contributed by atoms with Gasteiger partial charge in [-0.05, 0) is 50.0 Å². The van der Waals surface area contributed by atoms with Gasteiger partial charge in [0.2, 0.25) is 5.91 Å². The van der Waals surface area contributed by atoms with Crippen molar-refractivity contribution in [1.29, 1.82) is 0 Å². The molecule has 22 heavy (non-hydrogen) atoms. The molecular weight excluding hydrogens is 274 g/mol. The van der Waals surface area contributed by atoms with E-state index in [4.69, 9.17) is 0 Å². The topological polar surface area (TPSA) is 49.3 Å². The number of carbonyl (C=O) groups is 1. The van der Waals surface area contributed by atoms with Crippen LogP contribution in [0.1, 0.15) is 62.8 Å². The normalized spacial score (nSPS) is 27.5. The van der Waals surface area contributed by atoms with Crippen LogP contribution < -0.4 is 5.32 Å². The summed E-state index contributed by atoms with van der Waals surface area (Å²) < 4.78 is 0. The van der Waals surface area contributed by atoms with E-state index in [9.17, 15) is 9.90 Å². The molecule has 2 fully saturated rings. The van der Waals surface area contributed by atoms with E-state index in [1.807, 2.05) is 0 Å². The van der Waals surface area contributed by atoms with Gasteiger partial charge in [-0.1, -0.05) is 43.2 Å². The molecule has 0 aliphatic heterocycles. The molecule has 0 spiro atoms. The summed E-state index contributed by atoms with van der Waals surface area (Å²) in [5.74, 6) is 0.898. The van der Waals surface area contributed by atoms with Crippen LogP contribution in [-0.4, -0.2) is 23.2 Å². The lowest BCUT2D eigenvalue weighted by molar-refractivity contribution is -0.128. The lowest BCUT2D eigenvalue weighted by Gasteiger charge is -2.33. The molecule has 0 aromatic heterocycles. The summed E-state index contributed by atoms with van der Waals surface area (Å²) >= 11 is 0. The number of benzene rings is 1.